The summed E-state index contributed by atoms with van der Waals surface area (Å²) in [5.74, 6) is 0.0593. The Morgan fingerprint density at radius 2 is 1.73 bits per heavy atom. The quantitative estimate of drug-likeness (QED) is 0.442. The van der Waals surface area contributed by atoms with Crippen molar-refractivity contribution in [1.82, 2.24) is 5.32 Å². The minimum Gasteiger partial charge on any atom is -0.490 e. The topological polar surface area (TPSA) is 76.7 Å². The minimum absolute atomic E-state index is 0.0162. The van der Waals surface area contributed by atoms with E-state index in [0.29, 0.717) is 35.8 Å². The Morgan fingerprint density at radius 1 is 1.04 bits per heavy atom. The fourth-order valence-electron chi connectivity index (χ4n) is 2.14. The molecule has 6 nitrogen and oxygen atoms in total. The number of ether oxygens (including phenoxy) is 2. The third kappa shape index (κ3) is 5.65. The lowest BCUT2D eigenvalue weighted by Gasteiger charge is -2.13. The number of hydrogen-bond acceptors (Lipinski definition) is 5. The summed E-state index contributed by atoms with van der Waals surface area (Å²) in [5, 5.41) is 5.67. The average Bonchev–Trinajstić information content (AvgIpc) is 2.62. The molecule has 0 aliphatic carbocycles. The number of thiocarbonyl (C=S) groups is 1. The molecule has 0 bridgehead atoms. The van der Waals surface area contributed by atoms with Crippen LogP contribution < -0.4 is 15.4 Å². The zero-order valence-electron chi connectivity index (χ0n) is 14.6. The van der Waals surface area contributed by atoms with Gasteiger partial charge >= 0.3 is 0 Å². The lowest BCUT2D eigenvalue weighted by atomic mass is 10.1. The van der Waals surface area contributed by atoms with Gasteiger partial charge in [-0.3, -0.25) is 14.9 Å². The predicted molar refractivity (Wildman–Crippen MR) is 104 cm³/mol. The summed E-state index contributed by atoms with van der Waals surface area (Å²) in [4.78, 5) is 23.7. The molecule has 0 atom stereocenters. The van der Waals surface area contributed by atoms with Gasteiger partial charge in [-0.15, -0.1) is 0 Å². The van der Waals surface area contributed by atoms with Crippen LogP contribution in [0.5, 0.6) is 5.75 Å². The summed E-state index contributed by atoms with van der Waals surface area (Å²) in [6, 6.07) is 13.7. The van der Waals surface area contributed by atoms with Crippen molar-refractivity contribution in [1.29, 1.82) is 0 Å². The van der Waals surface area contributed by atoms with E-state index in [2.05, 4.69) is 10.6 Å². The molecule has 0 fully saturated rings. The van der Waals surface area contributed by atoms with Gasteiger partial charge < -0.3 is 14.8 Å². The van der Waals surface area contributed by atoms with E-state index in [9.17, 15) is 9.59 Å². The molecule has 0 aliphatic heterocycles. The van der Waals surface area contributed by atoms with Crippen molar-refractivity contribution < 1.29 is 19.1 Å². The van der Waals surface area contributed by atoms with Crippen molar-refractivity contribution >= 4 is 34.7 Å². The van der Waals surface area contributed by atoms with Gasteiger partial charge in [0.1, 0.15) is 12.4 Å². The van der Waals surface area contributed by atoms with Crippen molar-refractivity contribution in [3.8, 4) is 5.75 Å². The first-order chi connectivity index (χ1) is 12.5. The molecule has 2 aromatic carbocycles. The Morgan fingerprint density at radius 3 is 2.38 bits per heavy atom. The maximum Gasteiger partial charge on any atom is 0.261 e. The normalized spacial score (nSPS) is 10.1. The molecule has 2 N–H and O–H groups in total. The fraction of sp³-hybridized carbons (Fsp3) is 0.211. The second-order valence-electron chi connectivity index (χ2n) is 5.38. The zero-order valence-corrected chi connectivity index (χ0v) is 15.4. The smallest absolute Gasteiger partial charge is 0.261 e. The van der Waals surface area contributed by atoms with E-state index in [0.717, 1.165) is 0 Å². The zero-order chi connectivity index (χ0) is 18.9. The van der Waals surface area contributed by atoms with E-state index < -0.39 is 0 Å². The highest BCUT2D eigenvalue weighted by atomic mass is 32.1. The molecule has 0 aliphatic rings. The number of benzene rings is 2. The lowest BCUT2D eigenvalue weighted by Crippen LogP contribution is -2.34. The highest BCUT2D eigenvalue weighted by Crippen LogP contribution is 2.18. The summed E-state index contributed by atoms with van der Waals surface area (Å²) in [6.45, 7) is 2.26. The number of Topliss-reactive ketones (excluding diaryl/α,β-unsaturated/α-hetero) is 1. The molecular weight excluding hydrogens is 352 g/mol. The van der Waals surface area contributed by atoms with Crippen LogP contribution in [0.25, 0.3) is 0 Å². The predicted octanol–water partition coefficient (Wildman–Crippen LogP) is 3.04. The number of carbonyl (C=O) groups is 2. The van der Waals surface area contributed by atoms with Crippen LogP contribution >= 0.6 is 12.2 Å². The fourth-order valence-corrected chi connectivity index (χ4v) is 2.35. The molecule has 1 amide bonds. The van der Waals surface area contributed by atoms with Crippen LogP contribution in [-0.2, 0) is 4.74 Å². The molecule has 2 rings (SSSR count). The number of anilines is 1. The molecule has 0 heterocycles. The van der Waals surface area contributed by atoms with Crippen molar-refractivity contribution in [2.45, 2.75) is 6.92 Å². The Hall–Kier alpha value is -2.77. The number of ketones is 1. The van der Waals surface area contributed by atoms with Crippen molar-refractivity contribution in [3.63, 3.8) is 0 Å². The van der Waals surface area contributed by atoms with Crippen LogP contribution in [0.4, 0.5) is 5.69 Å². The number of para-hydroxylation sites is 1. The van der Waals surface area contributed by atoms with E-state index >= 15 is 0 Å². The van der Waals surface area contributed by atoms with Crippen LogP contribution in [0.15, 0.2) is 48.5 Å². The SMILES string of the molecule is COCCOc1ccccc1C(=O)NC(=S)Nc1ccc(C(C)=O)cc1. The van der Waals surface area contributed by atoms with Crippen molar-refractivity contribution in [2.75, 3.05) is 25.6 Å². The monoisotopic (exact) mass is 372 g/mol. The van der Waals surface area contributed by atoms with Crippen molar-refractivity contribution in [3.05, 3.63) is 59.7 Å². The maximum absolute atomic E-state index is 12.4. The number of hydrogen-bond donors (Lipinski definition) is 2. The van der Waals surface area contributed by atoms with Crippen molar-refractivity contribution in [2.24, 2.45) is 0 Å². The second-order valence-corrected chi connectivity index (χ2v) is 5.79. The maximum atomic E-state index is 12.4. The number of nitrogens with one attached hydrogen (secondary N) is 2. The van der Waals surface area contributed by atoms with Crippen LogP contribution in [0.3, 0.4) is 0 Å². The van der Waals surface area contributed by atoms with Gasteiger partial charge in [-0.1, -0.05) is 12.1 Å². The summed E-state index contributed by atoms with van der Waals surface area (Å²) in [6.07, 6.45) is 0. The Balaban J connectivity index is 1.98. The highest BCUT2D eigenvalue weighted by molar-refractivity contribution is 7.80. The van der Waals surface area contributed by atoms with Gasteiger partial charge in [-0.2, -0.15) is 0 Å². The van der Waals surface area contributed by atoms with Gasteiger partial charge in [0.05, 0.1) is 12.2 Å². The molecule has 136 valence electrons. The molecule has 0 radical (unpaired) electrons. The third-order valence-corrected chi connectivity index (χ3v) is 3.66. The van der Waals surface area contributed by atoms with E-state index in [-0.39, 0.29) is 16.8 Å². The number of amides is 1. The molecular formula is C19H20N2O4S. The van der Waals surface area contributed by atoms with E-state index in [1.807, 2.05) is 0 Å². The van der Waals surface area contributed by atoms with Gasteiger partial charge in [-0.25, -0.2) is 0 Å². The summed E-state index contributed by atoms with van der Waals surface area (Å²) < 4.78 is 10.5. The first kappa shape index (κ1) is 19.6. The van der Waals surface area contributed by atoms with Gasteiger partial charge in [-0.05, 0) is 55.5 Å². The number of methoxy groups -OCH3 is 1. The summed E-state index contributed by atoms with van der Waals surface area (Å²) >= 11 is 5.18. The highest BCUT2D eigenvalue weighted by Gasteiger charge is 2.13. The van der Waals surface area contributed by atoms with Gasteiger partial charge in [0.2, 0.25) is 0 Å². The minimum atomic E-state index is -0.379. The van der Waals surface area contributed by atoms with Gasteiger partial charge in [0.15, 0.2) is 10.9 Å². The molecule has 26 heavy (non-hydrogen) atoms. The van der Waals surface area contributed by atoms with Crippen LogP contribution in [0.1, 0.15) is 27.6 Å². The van der Waals surface area contributed by atoms with Crippen LogP contribution in [0, 0.1) is 0 Å². The first-order valence-corrected chi connectivity index (χ1v) is 8.36. The molecule has 2 aromatic rings. The van der Waals surface area contributed by atoms with E-state index in [4.69, 9.17) is 21.7 Å². The van der Waals surface area contributed by atoms with Gasteiger partial charge in [0, 0.05) is 18.4 Å². The molecule has 7 heteroatoms. The first-order valence-electron chi connectivity index (χ1n) is 7.95. The number of rotatable bonds is 7. The summed E-state index contributed by atoms with van der Waals surface area (Å²) in [5.41, 5.74) is 1.65. The van der Waals surface area contributed by atoms with Crippen LogP contribution in [0.2, 0.25) is 0 Å². The Kier molecular flexibility index (Phi) is 7.25. The standard InChI is InChI=1S/C19H20N2O4S/c1-13(22)14-7-9-15(10-8-14)20-19(26)21-18(23)16-5-3-4-6-17(16)25-12-11-24-2/h3-10H,11-12H2,1-2H3,(H2,20,21,23,26). The second kappa shape index (κ2) is 9.65. The largest absolute Gasteiger partial charge is 0.490 e. The average molecular weight is 372 g/mol. The Bertz CT molecular complexity index is 790. The summed E-state index contributed by atoms with van der Waals surface area (Å²) in [7, 11) is 1.58. The van der Waals surface area contributed by atoms with Gasteiger partial charge in [0.25, 0.3) is 5.91 Å². The molecule has 0 saturated carbocycles. The molecule has 0 unspecified atom stereocenters. The molecule has 0 spiro atoms. The molecule has 0 aromatic heterocycles. The third-order valence-electron chi connectivity index (χ3n) is 3.45. The van der Waals surface area contributed by atoms with E-state index in [1.165, 1.54) is 6.92 Å². The lowest BCUT2D eigenvalue weighted by molar-refractivity contribution is 0.0968. The number of carbonyl (C=O) groups excluding carboxylic acids is 2. The molecule has 0 saturated heterocycles. The Labute approximate surface area is 157 Å². The van der Waals surface area contributed by atoms with E-state index in [1.54, 1.807) is 55.6 Å². The van der Waals surface area contributed by atoms with Crippen LogP contribution in [-0.4, -0.2) is 37.1 Å².